The number of halogens is 1. The molecule has 0 radical (unpaired) electrons. The van der Waals surface area contributed by atoms with Gasteiger partial charge in [0.2, 0.25) is 0 Å². The maximum atomic E-state index is 5.97. The molecule has 0 spiro atoms. The lowest BCUT2D eigenvalue weighted by Gasteiger charge is -2.30. The van der Waals surface area contributed by atoms with Gasteiger partial charge in [-0.2, -0.15) is 0 Å². The molecule has 18 heavy (non-hydrogen) atoms. The molecule has 0 heterocycles. The van der Waals surface area contributed by atoms with Crippen molar-refractivity contribution in [1.82, 2.24) is 9.80 Å². The van der Waals surface area contributed by atoms with Crippen molar-refractivity contribution in [2.45, 2.75) is 17.5 Å². The Morgan fingerprint density at radius 2 is 1.83 bits per heavy atom. The molecular weight excluding hydrogens is 266 g/mol. The average molecular weight is 288 g/mol. The minimum Gasteiger partial charge on any atom is -0.384 e. The van der Waals surface area contributed by atoms with Crippen LogP contribution in [-0.4, -0.2) is 50.7 Å². The smallest absolute Gasteiger partial charge is 0.0629 e. The van der Waals surface area contributed by atoms with E-state index in [4.69, 9.17) is 11.6 Å². The average Bonchev–Trinajstić information content (AvgIpc) is 2.27. The summed E-state index contributed by atoms with van der Waals surface area (Å²) in [6.07, 6.45) is 1.44. The van der Waals surface area contributed by atoms with Gasteiger partial charge in [-0.3, -0.25) is 9.80 Å². The lowest BCUT2D eigenvalue weighted by atomic mass is 10.2. The molecule has 5 heteroatoms. The predicted molar refractivity (Wildman–Crippen MR) is 83.0 cm³/mol. The summed E-state index contributed by atoms with van der Waals surface area (Å²) in [6, 6.07) is 5.66. The molecule has 1 aromatic rings. The van der Waals surface area contributed by atoms with Crippen molar-refractivity contribution in [1.29, 1.82) is 0 Å². The second-order valence-electron chi connectivity index (χ2n) is 4.78. The van der Waals surface area contributed by atoms with Crippen LogP contribution in [0.4, 0.5) is 5.69 Å². The van der Waals surface area contributed by atoms with Crippen LogP contribution in [0.1, 0.15) is 6.42 Å². The quantitative estimate of drug-likeness (QED) is 0.620. The van der Waals surface area contributed by atoms with Gasteiger partial charge in [0.25, 0.3) is 0 Å². The van der Waals surface area contributed by atoms with Gasteiger partial charge in [0.1, 0.15) is 0 Å². The number of hydrogen-bond donors (Lipinski definition) is 2. The van der Waals surface area contributed by atoms with Crippen molar-refractivity contribution in [3.8, 4) is 0 Å². The van der Waals surface area contributed by atoms with E-state index in [9.17, 15) is 0 Å². The number of nitrogens with one attached hydrogen (secondary N) is 1. The van der Waals surface area contributed by atoms with E-state index in [2.05, 4.69) is 55.9 Å². The minimum absolute atomic E-state index is 0.417. The molecule has 0 atom stereocenters. The molecule has 0 aliphatic rings. The molecule has 0 bridgehead atoms. The van der Waals surface area contributed by atoms with Gasteiger partial charge in [0.15, 0.2) is 0 Å². The molecule has 0 saturated heterocycles. The van der Waals surface area contributed by atoms with Gasteiger partial charge in [-0.15, -0.1) is 12.6 Å². The highest BCUT2D eigenvalue weighted by atomic mass is 35.5. The van der Waals surface area contributed by atoms with E-state index in [1.54, 1.807) is 0 Å². The first-order valence-corrected chi connectivity index (χ1v) is 6.79. The highest BCUT2D eigenvalue weighted by Crippen LogP contribution is 2.23. The standard InChI is InChI=1S/C13H22ClN3S/c1-16(2)13(17(3)4)7-8-15-11-9-10(14)5-6-12(11)18/h5-6,9,13,15,18H,7-8H2,1-4H3. The molecule has 0 aliphatic heterocycles. The first-order valence-electron chi connectivity index (χ1n) is 5.97. The van der Waals surface area contributed by atoms with Gasteiger partial charge in [0, 0.05) is 22.2 Å². The molecular formula is C13H22ClN3S. The number of hydrogen-bond acceptors (Lipinski definition) is 4. The highest BCUT2D eigenvalue weighted by Gasteiger charge is 2.13. The minimum atomic E-state index is 0.417. The van der Waals surface area contributed by atoms with E-state index < -0.39 is 0 Å². The number of thiol groups is 1. The predicted octanol–water partition coefficient (Wildman–Crippen LogP) is 2.88. The van der Waals surface area contributed by atoms with Gasteiger partial charge in [-0.05, 0) is 52.8 Å². The molecule has 102 valence electrons. The zero-order valence-corrected chi connectivity index (χ0v) is 13.1. The Hall–Kier alpha value is -0.420. The fourth-order valence-electron chi connectivity index (χ4n) is 1.96. The largest absolute Gasteiger partial charge is 0.384 e. The lowest BCUT2D eigenvalue weighted by molar-refractivity contribution is 0.124. The molecule has 0 aliphatic carbocycles. The third-order valence-electron chi connectivity index (χ3n) is 2.87. The molecule has 1 N–H and O–H groups in total. The van der Waals surface area contributed by atoms with Gasteiger partial charge >= 0.3 is 0 Å². The van der Waals surface area contributed by atoms with Gasteiger partial charge in [-0.1, -0.05) is 11.6 Å². The summed E-state index contributed by atoms with van der Waals surface area (Å²) >= 11 is 10.4. The Morgan fingerprint density at radius 1 is 1.22 bits per heavy atom. The Balaban J connectivity index is 2.52. The topological polar surface area (TPSA) is 18.5 Å². The van der Waals surface area contributed by atoms with Crippen LogP contribution in [0.15, 0.2) is 23.1 Å². The first kappa shape index (κ1) is 15.6. The van der Waals surface area contributed by atoms with Crippen LogP contribution in [0.2, 0.25) is 5.02 Å². The second-order valence-corrected chi connectivity index (χ2v) is 5.70. The highest BCUT2D eigenvalue weighted by molar-refractivity contribution is 7.80. The Bertz CT molecular complexity index is 374. The van der Waals surface area contributed by atoms with Crippen molar-refractivity contribution >= 4 is 29.9 Å². The van der Waals surface area contributed by atoms with Crippen LogP contribution in [-0.2, 0) is 0 Å². The molecule has 0 fully saturated rings. The summed E-state index contributed by atoms with van der Waals surface area (Å²) in [5.74, 6) is 0. The first-order chi connectivity index (χ1) is 8.41. The van der Waals surface area contributed by atoms with Crippen LogP contribution in [0, 0.1) is 0 Å². The number of anilines is 1. The monoisotopic (exact) mass is 287 g/mol. The molecule has 1 rings (SSSR count). The second kappa shape index (κ2) is 7.24. The fraction of sp³-hybridized carbons (Fsp3) is 0.538. The fourth-order valence-corrected chi connectivity index (χ4v) is 2.35. The van der Waals surface area contributed by atoms with Crippen LogP contribution in [0.3, 0.4) is 0 Å². The summed E-state index contributed by atoms with van der Waals surface area (Å²) in [4.78, 5) is 5.34. The Kier molecular flexibility index (Phi) is 6.29. The molecule has 0 saturated carbocycles. The Labute approximate surface area is 121 Å². The van der Waals surface area contributed by atoms with E-state index in [1.807, 2.05) is 18.2 Å². The number of rotatable bonds is 6. The Morgan fingerprint density at radius 3 is 2.39 bits per heavy atom. The molecule has 0 aromatic heterocycles. The maximum Gasteiger partial charge on any atom is 0.0629 e. The maximum absolute atomic E-state index is 5.97. The summed E-state index contributed by atoms with van der Waals surface area (Å²) in [5.41, 5.74) is 0.988. The molecule has 0 unspecified atom stereocenters. The number of benzene rings is 1. The third-order valence-corrected chi connectivity index (χ3v) is 3.49. The van der Waals surface area contributed by atoms with Gasteiger partial charge < -0.3 is 5.32 Å². The van der Waals surface area contributed by atoms with Crippen molar-refractivity contribution in [3.05, 3.63) is 23.2 Å². The zero-order valence-electron chi connectivity index (χ0n) is 11.4. The van der Waals surface area contributed by atoms with Gasteiger partial charge in [0.05, 0.1) is 6.17 Å². The summed E-state index contributed by atoms with van der Waals surface area (Å²) in [7, 11) is 8.37. The van der Waals surface area contributed by atoms with E-state index in [1.165, 1.54) is 0 Å². The van der Waals surface area contributed by atoms with Crippen molar-refractivity contribution < 1.29 is 0 Å². The van der Waals surface area contributed by atoms with Crippen LogP contribution in [0.25, 0.3) is 0 Å². The van der Waals surface area contributed by atoms with Gasteiger partial charge in [-0.25, -0.2) is 0 Å². The summed E-state index contributed by atoms with van der Waals surface area (Å²) in [6.45, 7) is 0.884. The van der Waals surface area contributed by atoms with Crippen molar-refractivity contribution in [3.63, 3.8) is 0 Å². The summed E-state index contributed by atoms with van der Waals surface area (Å²) < 4.78 is 0. The van der Waals surface area contributed by atoms with E-state index in [-0.39, 0.29) is 0 Å². The van der Waals surface area contributed by atoms with Crippen LogP contribution >= 0.6 is 24.2 Å². The van der Waals surface area contributed by atoms with E-state index >= 15 is 0 Å². The normalized spacial score (nSPS) is 11.6. The molecule has 0 amide bonds. The molecule has 3 nitrogen and oxygen atoms in total. The van der Waals surface area contributed by atoms with Crippen LogP contribution < -0.4 is 5.32 Å². The number of nitrogens with zero attached hydrogens (tertiary/aromatic N) is 2. The van der Waals surface area contributed by atoms with Crippen molar-refractivity contribution in [2.75, 3.05) is 40.1 Å². The van der Waals surface area contributed by atoms with E-state index in [0.29, 0.717) is 6.17 Å². The molecule has 1 aromatic carbocycles. The van der Waals surface area contributed by atoms with E-state index in [0.717, 1.165) is 28.6 Å². The zero-order chi connectivity index (χ0) is 13.7. The lowest BCUT2D eigenvalue weighted by Crippen LogP contribution is -2.41. The SMILES string of the molecule is CN(C)C(CCNc1cc(Cl)ccc1S)N(C)C. The third kappa shape index (κ3) is 4.69. The van der Waals surface area contributed by atoms with Crippen molar-refractivity contribution in [2.24, 2.45) is 0 Å². The summed E-state index contributed by atoms with van der Waals surface area (Å²) in [5, 5.41) is 4.11. The van der Waals surface area contributed by atoms with Crippen LogP contribution in [0.5, 0.6) is 0 Å².